The molecule has 1 aromatic heterocycles. The van der Waals surface area contributed by atoms with Gasteiger partial charge in [0.2, 0.25) is 0 Å². The van der Waals surface area contributed by atoms with Gasteiger partial charge in [-0.1, -0.05) is 69.0 Å². The van der Waals surface area contributed by atoms with Crippen LogP contribution in [0, 0.1) is 12.5 Å². The van der Waals surface area contributed by atoms with Crippen LogP contribution in [0.4, 0.5) is 0 Å². The molecule has 0 saturated heterocycles. The maximum Gasteiger partial charge on any atom is 0.348 e. The van der Waals surface area contributed by atoms with E-state index in [4.69, 9.17) is 20.8 Å². The number of hydrogen-bond acceptors (Lipinski definition) is 5. The second kappa shape index (κ2) is 15.6. The van der Waals surface area contributed by atoms with Crippen LogP contribution in [0.2, 0.25) is 0 Å². The SMILES string of the molecule is [C-]#[N+]C1=C(c2ccc(C(CCCCC)OCc3ccc(OC)cc3)cc2)[C@@H](CCCc2ccc(C(=O)OC)s2)CC1. The Balaban J connectivity index is 1.42. The Morgan fingerprint density at radius 2 is 1.80 bits per heavy atom. The van der Waals surface area contributed by atoms with Crippen LogP contribution in [-0.2, 0) is 22.5 Å². The van der Waals surface area contributed by atoms with Gasteiger partial charge in [-0.25, -0.2) is 9.64 Å². The van der Waals surface area contributed by atoms with E-state index in [1.165, 1.54) is 47.3 Å². The van der Waals surface area contributed by atoms with Crippen LogP contribution in [0.3, 0.4) is 0 Å². The van der Waals surface area contributed by atoms with Crippen LogP contribution in [0.25, 0.3) is 10.4 Å². The summed E-state index contributed by atoms with van der Waals surface area (Å²) < 4.78 is 16.6. The predicted molar refractivity (Wildman–Crippen MR) is 166 cm³/mol. The summed E-state index contributed by atoms with van der Waals surface area (Å²) in [6, 6.07) is 20.7. The molecule has 0 amide bonds. The largest absolute Gasteiger partial charge is 0.497 e. The minimum absolute atomic E-state index is 0.0343. The van der Waals surface area contributed by atoms with Gasteiger partial charge in [0.25, 0.3) is 0 Å². The zero-order chi connectivity index (χ0) is 29.0. The van der Waals surface area contributed by atoms with Crippen LogP contribution in [0.1, 0.15) is 95.6 Å². The molecule has 1 unspecified atom stereocenters. The molecule has 3 aromatic rings. The number of hydrogen-bond donors (Lipinski definition) is 0. The van der Waals surface area contributed by atoms with Crippen molar-refractivity contribution in [3.05, 3.63) is 104 Å². The van der Waals surface area contributed by atoms with Crippen molar-refractivity contribution >= 4 is 22.9 Å². The van der Waals surface area contributed by atoms with Gasteiger partial charge >= 0.3 is 5.97 Å². The molecule has 0 aliphatic heterocycles. The highest BCUT2D eigenvalue weighted by Crippen LogP contribution is 2.42. The van der Waals surface area contributed by atoms with Crippen molar-refractivity contribution in [3.8, 4) is 5.75 Å². The third kappa shape index (κ3) is 8.31. The van der Waals surface area contributed by atoms with Gasteiger partial charge in [-0.3, -0.25) is 0 Å². The minimum atomic E-state index is -0.272. The number of rotatable bonds is 15. The second-order valence-electron chi connectivity index (χ2n) is 10.6. The van der Waals surface area contributed by atoms with E-state index in [9.17, 15) is 4.79 Å². The van der Waals surface area contributed by atoms with E-state index in [1.54, 1.807) is 7.11 Å². The number of methoxy groups -OCH3 is 2. The van der Waals surface area contributed by atoms with Crippen LogP contribution in [-0.4, -0.2) is 20.2 Å². The first-order valence-electron chi connectivity index (χ1n) is 14.7. The van der Waals surface area contributed by atoms with Gasteiger partial charge in [0.05, 0.1) is 33.5 Å². The Kier molecular flexibility index (Phi) is 11.6. The first-order valence-corrected chi connectivity index (χ1v) is 15.5. The smallest absolute Gasteiger partial charge is 0.348 e. The maximum atomic E-state index is 11.8. The number of aryl methyl sites for hydroxylation is 1. The lowest BCUT2D eigenvalue weighted by molar-refractivity contribution is 0.0322. The Labute approximate surface area is 249 Å². The molecule has 0 saturated carbocycles. The van der Waals surface area contributed by atoms with Crippen LogP contribution < -0.4 is 4.74 Å². The molecule has 0 radical (unpaired) electrons. The predicted octanol–water partition coefficient (Wildman–Crippen LogP) is 9.44. The van der Waals surface area contributed by atoms with Crippen molar-refractivity contribution in [2.75, 3.05) is 14.2 Å². The average Bonchev–Trinajstić information content (AvgIpc) is 3.66. The summed E-state index contributed by atoms with van der Waals surface area (Å²) in [7, 11) is 3.09. The summed E-state index contributed by atoms with van der Waals surface area (Å²) >= 11 is 1.51. The quantitative estimate of drug-likeness (QED) is 0.104. The zero-order valence-electron chi connectivity index (χ0n) is 24.5. The normalized spacial score (nSPS) is 15.5. The second-order valence-corrected chi connectivity index (χ2v) is 11.8. The standard InChI is InChI=1S/C35H41NO4S/c1-5-6-7-11-32(40-24-25-12-19-29(38-3)20-13-25)26-14-16-28(17-15-26)34-27(18-22-31(34)36-2)9-8-10-30-21-23-33(41-30)35(37)39-4/h12-17,19-21,23,27,32H,5-11,18,22,24H2,1,3-4H3/t27-,32?/m0/s1. The van der Waals surface area contributed by atoms with E-state index in [0.29, 0.717) is 17.4 Å². The van der Waals surface area contributed by atoms with Gasteiger partial charge in [0.1, 0.15) is 10.6 Å². The number of benzene rings is 2. The van der Waals surface area contributed by atoms with Crippen molar-refractivity contribution in [3.63, 3.8) is 0 Å². The Bertz CT molecular complexity index is 1330. The number of carbonyl (C=O) groups excluding carboxylic acids is 1. The van der Waals surface area contributed by atoms with Crippen molar-refractivity contribution in [2.24, 2.45) is 5.92 Å². The van der Waals surface area contributed by atoms with Gasteiger partial charge in [0.15, 0.2) is 5.70 Å². The number of ether oxygens (including phenoxy) is 3. The molecule has 2 aromatic carbocycles. The minimum Gasteiger partial charge on any atom is -0.497 e. The fourth-order valence-electron chi connectivity index (χ4n) is 5.60. The van der Waals surface area contributed by atoms with Crippen molar-refractivity contribution in [1.82, 2.24) is 0 Å². The molecule has 1 heterocycles. The summed E-state index contributed by atoms with van der Waals surface area (Å²) in [4.78, 5) is 17.6. The Morgan fingerprint density at radius 3 is 2.49 bits per heavy atom. The summed E-state index contributed by atoms with van der Waals surface area (Å²) in [6.07, 6.45) is 9.39. The van der Waals surface area contributed by atoms with Crippen LogP contribution in [0.15, 0.2) is 66.4 Å². The summed E-state index contributed by atoms with van der Waals surface area (Å²) in [5.74, 6) is 0.962. The van der Waals surface area contributed by atoms with E-state index in [0.717, 1.165) is 67.5 Å². The fraction of sp³-hybridized carbons (Fsp3) is 0.429. The van der Waals surface area contributed by atoms with E-state index in [2.05, 4.69) is 48.2 Å². The molecule has 1 aliphatic carbocycles. The lowest BCUT2D eigenvalue weighted by atomic mass is 9.89. The van der Waals surface area contributed by atoms with Crippen LogP contribution in [0.5, 0.6) is 5.75 Å². The fourth-order valence-corrected chi connectivity index (χ4v) is 6.57. The average molecular weight is 572 g/mol. The van der Waals surface area contributed by atoms with Gasteiger partial charge in [-0.15, -0.1) is 11.3 Å². The molecular formula is C35H41NO4S. The highest BCUT2D eigenvalue weighted by Gasteiger charge is 2.27. The van der Waals surface area contributed by atoms with Crippen molar-refractivity contribution < 1.29 is 19.0 Å². The molecule has 1 aliphatic rings. The lowest BCUT2D eigenvalue weighted by Gasteiger charge is -2.20. The van der Waals surface area contributed by atoms with Gasteiger partial charge in [-0.05, 0) is 84.6 Å². The lowest BCUT2D eigenvalue weighted by Crippen LogP contribution is -2.06. The molecule has 0 fully saturated rings. The number of thiophene rings is 1. The van der Waals surface area contributed by atoms with Crippen LogP contribution >= 0.6 is 11.3 Å². The molecule has 0 bridgehead atoms. The molecule has 0 N–H and O–H groups in total. The summed E-state index contributed by atoms with van der Waals surface area (Å²) in [6.45, 7) is 10.6. The van der Waals surface area contributed by atoms with Crippen molar-refractivity contribution in [2.45, 2.75) is 77.4 Å². The first kappa shape index (κ1) is 30.6. The van der Waals surface area contributed by atoms with E-state index < -0.39 is 0 Å². The van der Waals surface area contributed by atoms with Gasteiger partial charge in [-0.2, -0.15) is 0 Å². The Hall–Kier alpha value is -3.40. The number of nitrogens with zero attached hydrogens (tertiary/aromatic N) is 1. The third-order valence-electron chi connectivity index (χ3n) is 7.88. The molecular weight excluding hydrogens is 530 g/mol. The molecule has 41 heavy (non-hydrogen) atoms. The molecule has 0 spiro atoms. The van der Waals surface area contributed by atoms with Crippen molar-refractivity contribution in [1.29, 1.82) is 0 Å². The number of carbonyl (C=O) groups is 1. The number of allylic oxidation sites excluding steroid dienone is 2. The third-order valence-corrected chi connectivity index (χ3v) is 9.01. The maximum absolute atomic E-state index is 11.8. The first-order chi connectivity index (χ1) is 20.1. The molecule has 216 valence electrons. The zero-order valence-corrected chi connectivity index (χ0v) is 25.3. The summed E-state index contributed by atoms with van der Waals surface area (Å²) in [5.41, 5.74) is 5.61. The topological polar surface area (TPSA) is 49.1 Å². The van der Waals surface area contributed by atoms with E-state index >= 15 is 0 Å². The van der Waals surface area contributed by atoms with E-state index in [1.807, 2.05) is 24.3 Å². The highest BCUT2D eigenvalue weighted by molar-refractivity contribution is 7.13. The molecule has 5 nitrogen and oxygen atoms in total. The van der Waals surface area contributed by atoms with Gasteiger partial charge in [0, 0.05) is 4.88 Å². The van der Waals surface area contributed by atoms with E-state index in [-0.39, 0.29) is 12.1 Å². The highest BCUT2D eigenvalue weighted by atomic mass is 32.1. The monoisotopic (exact) mass is 571 g/mol. The Morgan fingerprint density at radius 1 is 1.02 bits per heavy atom. The number of unbranched alkanes of at least 4 members (excludes halogenated alkanes) is 2. The number of esters is 1. The molecule has 6 heteroatoms. The van der Waals surface area contributed by atoms with Gasteiger partial charge < -0.3 is 14.2 Å². The molecule has 2 atom stereocenters. The summed E-state index contributed by atoms with van der Waals surface area (Å²) in [5, 5.41) is 0. The molecule has 4 rings (SSSR count).